The quantitative estimate of drug-likeness (QED) is 0.340. The Morgan fingerprint density at radius 1 is 1.11 bits per heavy atom. The van der Waals surface area contributed by atoms with Gasteiger partial charge in [0.25, 0.3) is 0 Å². The van der Waals surface area contributed by atoms with Crippen LogP contribution in [0.2, 0.25) is 0 Å². The summed E-state index contributed by atoms with van der Waals surface area (Å²) < 4.78 is 0. The second-order valence-corrected chi connectivity index (χ2v) is 4.40. The molecule has 2 aromatic carbocycles. The van der Waals surface area contributed by atoms with Crippen molar-refractivity contribution in [1.29, 1.82) is 0 Å². The molecule has 4 heteroatoms. The molecular formula is C15H17N3O. The number of benzene rings is 2. The molecular weight excluding hydrogens is 238 g/mol. The van der Waals surface area contributed by atoms with Crippen molar-refractivity contribution in [3.8, 4) is 0 Å². The molecule has 98 valence electrons. The zero-order chi connectivity index (χ0) is 13.7. The molecule has 2 aromatic rings. The molecule has 0 aromatic heterocycles. The molecule has 0 amide bonds. The van der Waals surface area contributed by atoms with E-state index in [-0.39, 0.29) is 5.84 Å². The molecule has 4 nitrogen and oxygen atoms in total. The lowest BCUT2D eigenvalue weighted by atomic mass is 10.1. The fourth-order valence-electron chi connectivity index (χ4n) is 1.73. The van der Waals surface area contributed by atoms with Gasteiger partial charge >= 0.3 is 0 Å². The van der Waals surface area contributed by atoms with Gasteiger partial charge in [-0.3, -0.25) is 0 Å². The molecule has 4 N–H and O–H groups in total. The maximum absolute atomic E-state index is 8.58. The van der Waals surface area contributed by atoms with Crippen molar-refractivity contribution in [1.82, 2.24) is 0 Å². The number of hydrogen-bond acceptors (Lipinski definition) is 3. The molecule has 0 saturated carbocycles. The van der Waals surface area contributed by atoms with Crippen LogP contribution >= 0.6 is 0 Å². The Bertz CT molecular complexity index is 559. The highest BCUT2D eigenvalue weighted by Gasteiger charge is 1.99. The van der Waals surface area contributed by atoms with Gasteiger partial charge in [-0.15, -0.1) is 0 Å². The van der Waals surface area contributed by atoms with Gasteiger partial charge in [-0.2, -0.15) is 0 Å². The number of nitrogens with two attached hydrogens (primary N) is 1. The van der Waals surface area contributed by atoms with E-state index in [0.717, 1.165) is 17.8 Å². The summed E-state index contributed by atoms with van der Waals surface area (Å²) in [6, 6.07) is 15.8. The summed E-state index contributed by atoms with van der Waals surface area (Å²) in [7, 11) is 0. The Hall–Kier alpha value is -2.49. The SMILES string of the molecule is Cc1ccc(NCc2ccc(C(N)=NO)cc2)cc1. The highest BCUT2D eigenvalue weighted by atomic mass is 16.4. The van der Waals surface area contributed by atoms with Crippen LogP contribution in [-0.4, -0.2) is 11.0 Å². The van der Waals surface area contributed by atoms with Gasteiger partial charge in [0.05, 0.1) is 0 Å². The van der Waals surface area contributed by atoms with Crippen LogP contribution in [0.5, 0.6) is 0 Å². The molecule has 0 atom stereocenters. The molecule has 0 fully saturated rings. The summed E-state index contributed by atoms with van der Waals surface area (Å²) in [5.41, 5.74) is 9.69. The Balaban J connectivity index is 1.98. The number of anilines is 1. The maximum Gasteiger partial charge on any atom is 0.170 e. The van der Waals surface area contributed by atoms with E-state index in [9.17, 15) is 0 Å². The molecule has 0 heterocycles. The average Bonchev–Trinajstić information content (AvgIpc) is 2.46. The molecule has 0 aliphatic heterocycles. The second-order valence-electron chi connectivity index (χ2n) is 4.40. The van der Waals surface area contributed by atoms with E-state index in [2.05, 4.69) is 41.7 Å². The van der Waals surface area contributed by atoms with E-state index in [1.807, 2.05) is 24.3 Å². The molecule has 19 heavy (non-hydrogen) atoms. The fraction of sp³-hybridized carbons (Fsp3) is 0.133. The van der Waals surface area contributed by atoms with E-state index >= 15 is 0 Å². The Kier molecular flexibility index (Phi) is 4.03. The third-order valence-corrected chi connectivity index (χ3v) is 2.91. The van der Waals surface area contributed by atoms with E-state index in [4.69, 9.17) is 10.9 Å². The van der Waals surface area contributed by atoms with Crippen LogP contribution in [0, 0.1) is 6.92 Å². The smallest absolute Gasteiger partial charge is 0.170 e. The van der Waals surface area contributed by atoms with Gasteiger partial charge < -0.3 is 16.3 Å². The van der Waals surface area contributed by atoms with Crippen LogP contribution in [-0.2, 0) is 6.54 Å². The summed E-state index contributed by atoms with van der Waals surface area (Å²) in [4.78, 5) is 0. The predicted molar refractivity (Wildman–Crippen MR) is 77.5 cm³/mol. The fourth-order valence-corrected chi connectivity index (χ4v) is 1.73. The van der Waals surface area contributed by atoms with E-state index in [1.165, 1.54) is 5.56 Å². The first kappa shape index (κ1) is 13.0. The molecule has 0 aliphatic rings. The topological polar surface area (TPSA) is 70.6 Å². The molecule has 0 unspecified atom stereocenters. The van der Waals surface area contributed by atoms with Crippen molar-refractivity contribution < 1.29 is 5.21 Å². The first-order chi connectivity index (χ1) is 9.19. The summed E-state index contributed by atoms with van der Waals surface area (Å²) in [6.45, 7) is 2.80. The van der Waals surface area contributed by atoms with Gasteiger partial charge in [-0.05, 0) is 24.6 Å². The Morgan fingerprint density at radius 2 is 1.74 bits per heavy atom. The molecule has 0 aliphatic carbocycles. The number of nitrogens with zero attached hydrogens (tertiary/aromatic N) is 1. The number of oxime groups is 1. The first-order valence-electron chi connectivity index (χ1n) is 6.06. The average molecular weight is 255 g/mol. The second kappa shape index (κ2) is 5.91. The van der Waals surface area contributed by atoms with Crippen molar-refractivity contribution in [2.75, 3.05) is 5.32 Å². The minimum absolute atomic E-state index is 0.123. The molecule has 0 spiro atoms. The molecule has 0 bridgehead atoms. The monoisotopic (exact) mass is 255 g/mol. The van der Waals surface area contributed by atoms with E-state index < -0.39 is 0 Å². The van der Waals surface area contributed by atoms with E-state index in [0.29, 0.717) is 5.56 Å². The van der Waals surface area contributed by atoms with Crippen LogP contribution in [0.1, 0.15) is 16.7 Å². The minimum Gasteiger partial charge on any atom is -0.409 e. The van der Waals surface area contributed by atoms with Gasteiger partial charge in [0.15, 0.2) is 5.84 Å². The van der Waals surface area contributed by atoms with Gasteiger partial charge in [0.1, 0.15) is 0 Å². The normalized spacial score (nSPS) is 11.3. The number of aryl methyl sites for hydroxylation is 1. The third kappa shape index (κ3) is 3.48. The van der Waals surface area contributed by atoms with Gasteiger partial charge in [-0.1, -0.05) is 47.1 Å². The lowest BCUT2D eigenvalue weighted by Gasteiger charge is -2.07. The maximum atomic E-state index is 8.58. The Morgan fingerprint density at radius 3 is 2.32 bits per heavy atom. The van der Waals surface area contributed by atoms with Crippen LogP contribution in [0.15, 0.2) is 53.7 Å². The standard InChI is InChI=1S/C15H17N3O/c1-11-2-8-14(9-3-11)17-10-12-4-6-13(7-5-12)15(16)18-19/h2-9,17,19H,10H2,1H3,(H2,16,18). The van der Waals surface area contributed by atoms with Crippen LogP contribution in [0.3, 0.4) is 0 Å². The highest BCUT2D eigenvalue weighted by Crippen LogP contribution is 2.11. The molecule has 2 rings (SSSR count). The molecule has 0 saturated heterocycles. The lowest BCUT2D eigenvalue weighted by Crippen LogP contribution is -2.12. The van der Waals surface area contributed by atoms with Gasteiger partial charge in [-0.25, -0.2) is 0 Å². The van der Waals surface area contributed by atoms with Crippen molar-refractivity contribution in [2.24, 2.45) is 10.9 Å². The summed E-state index contributed by atoms with van der Waals surface area (Å²) in [5, 5.41) is 14.9. The third-order valence-electron chi connectivity index (χ3n) is 2.91. The first-order valence-corrected chi connectivity index (χ1v) is 6.06. The Labute approximate surface area is 112 Å². The van der Waals surface area contributed by atoms with Crippen molar-refractivity contribution >= 4 is 11.5 Å². The number of nitrogens with one attached hydrogen (secondary N) is 1. The zero-order valence-electron chi connectivity index (χ0n) is 10.8. The van der Waals surface area contributed by atoms with Gasteiger partial charge in [0.2, 0.25) is 0 Å². The minimum atomic E-state index is 0.123. The number of amidine groups is 1. The van der Waals surface area contributed by atoms with Crippen LogP contribution < -0.4 is 11.1 Å². The lowest BCUT2D eigenvalue weighted by molar-refractivity contribution is 0.318. The number of hydrogen-bond donors (Lipinski definition) is 3. The molecule has 0 radical (unpaired) electrons. The van der Waals surface area contributed by atoms with Crippen molar-refractivity contribution in [3.05, 3.63) is 65.2 Å². The summed E-state index contributed by atoms with van der Waals surface area (Å²) >= 11 is 0. The number of rotatable bonds is 4. The van der Waals surface area contributed by atoms with Crippen LogP contribution in [0.25, 0.3) is 0 Å². The predicted octanol–water partition coefficient (Wildman–Crippen LogP) is 2.70. The van der Waals surface area contributed by atoms with E-state index in [1.54, 1.807) is 0 Å². The van der Waals surface area contributed by atoms with Crippen molar-refractivity contribution in [2.45, 2.75) is 13.5 Å². The summed E-state index contributed by atoms with van der Waals surface area (Å²) in [6.07, 6.45) is 0. The largest absolute Gasteiger partial charge is 0.409 e. The highest BCUT2D eigenvalue weighted by molar-refractivity contribution is 5.96. The summed E-state index contributed by atoms with van der Waals surface area (Å²) in [5.74, 6) is 0.123. The van der Waals surface area contributed by atoms with Crippen LogP contribution in [0.4, 0.5) is 5.69 Å². The van der Waals surface area contributed by atoms with Crippen molar-refractivity contribution in [3.63, 3.8) is 0 Å². The van der Waals surface area contributed by atoms with Gasteiger partial charge in [0, 0.05) is 17.8 Å². The zero-order valence-corrected chi connectivity index (χ0v) is 10.8.